The maximum atomic E-state index is 11.9. The maximum absolute atomic E-state index is 11.9. The molecular weight excluding hydrogens is 314 g/mol. The lowest BCUT2D eigenvalue weighted by Gasteiger charge is -2.32. The second kappa shape index (κ2) is 6.17. The van der Waals surface area contributed by atoms with Crippen molar-refractivity contribution in [3.8, 4) is 0 Å². The number of hydrogen-bond acceptors (Lipinski definition) is 4. The standard InChI is InChI=1S/C19H25N5O/c1-13(2)24-17-7-10-22(14(3)25)12-16(17)19(21-24)23-9-4-5-15-6-8-20-11-18(15)23/h6,8,11,13H,4-5,7,9-10,12H2,1-3H3. The molecule has 1 amide bonds. The summed E-state index contributed by atoms with van der Waals surface area (Å²) < 4.78 is 2.15. The van der Waals surface area contributed by atoms with Crippen LogP contribution in [0.15, 0.2) is 18.5 Å². The molecule has 0 unspecified atom stereocenters. The number of anilines is 2. The third kappa shape index (κ3) is 2.69. The summed E-state index contributed by atoms with van der Waals surface area (Å²) >= 11 is 0. The quantitative estimate of drug-likeness (QED) is 0.844. The molecule has 2 aliphatic heterocycles. The fraction of sp³-hybridized carbons (Fsp3) is 0.526. The second-order valence-electron chi connectivity index (χ2n) is 7.24. The van der Waals surface area contributed by atoms with Crippen molar-refractivity contribution >= 4 is 17.4 Å². The minimum atomic E-state index is 0.134. The first-order valence-electron chi connectivity index (χ1n) is 9.12. The minimum absolute atomic E-state index is 0.134. The SMILES string of the molecule is CC(=O)N1CCc2c(c(N3CCCc4ccncc43)nn2C(C)C)C1. The Labute approximate surface area is 148 Å². The number of fused-ring (bicyclic) bond motifs is 2. The number of rotatable bonds is 2. The summed E-state index contributed by atoms with van der Waals surface area (Å²) in [7, 11) is 0. The summed E-state index contributed by atoms with van der Waals surface area (Å²) in [4.78, 5) is 20.5. The largest absolute Gasteiger partial charge is 0.338 e. The van der Waals surface area contributed by atoms with Gasteiger partial charge < -0.3 is 9.80 Å². The van der Waals surface area contributed by atoms with Crippen LogP contribution in [0.5, 0.6) is 0 Å². The highest BCUT2D eigenvalue weighted by Crippen LogP contribution is 2.37. The highest BCUT2D eigenvalue weighted by molar-refractivity contribution is 5.75. The molecule has 0 aliphatic carbocycles. The molecule has 0 radical (unpaired) electrons. The number of nitrogens with zero attached hydrogens (tertiary/aromatic N) is 5. The Balaban J connectivity index is 1.82. The molecular formula is C19H25N5O. The van der Waals surface area contributed by atoms with E-state index in [1.165, 1.54) is 16.8 Å². The average Bonchev–Trinajstić information content (AvgIpc) is 3.00. The number of aromatic nitrogens is 3. The highest BCUT2D eigenvalue weighted by Gasteiger charge is 2.31. The van der Waals surface area contributed by atoms with Gasteiger partial charge in [0.05, 0.1) is 18.4 Å². The molecule has 25 heavy (non-hydrogen) atoms. The zero-order chi connectivity index (χ0) is 17.6. The monoisotopic (exact) mass is 339 g/mol. The van der Waals surface area contributed by atoms with Gasteiger partial charge >= 0.3 is 0 Å². The summed E-state index contributed by atoms with van der Waals surface area (Å²) in [5.41, 5.74) is 4.96. The lowest BCUT2D eigenvalue weighted by Crippen LogP contribution is -2.35. The van der Waals surface area contributed by atoms with E-state index >= 15 is 0 Å². The number of pyridine rings is 1. The summed E-state index contributed by atoms with van der Waals surface area (Å²) in [5.74, 6) is 1.14. The third-order valence-corrected chi connectivity index (χ3v) is 5.26. The molecule has 2 aromatic rings. The van der Waals surface area contributed by atoms with Crippen molar-refractivity contribution in [2.24, 2.45) is 0 Å². The van der Waals surface area contributed by atoms with Crippen LogP contribution in [0, 0.1) is 0 Å². The number of amides is 1. The van der Waals surface area contributed by atoms with E-state index in [2.05, 4.69) is 34.5 Å². The van der Waals surface area contributed by atoms with E-state index in [9.17, 15) is 4.79 Å². The van der Waals surface area contributed by atoms with Crippen LogP contribution in [-0.4, -0.2) is 38.7 Å². The van der Waals surface area contributed by atoms with Gasteiger partial charge in [-0.2, -0.15) is 5.10 Å². The number of aryl methyl sites for hydroxylation is 1. The Hall–Kier alpha value is -2.37. The van der Waals surface area contributed by atoms with Crippen molar-refractivity contribution in [2.75, 3.05) is 18.0 Å². The molecule has 0 fully saturated rings. The molecule has 0 saturated heterocycles. The first-order valence-corrected chi connectivity index (χ1v) is 9.12. The van der Waals surface area contributed by atoms with Gasteiger partial charge in [0, 0.05) is 49.9 Å². The molecule has 0 N–H and O–H groups in total. The van der Waals surface area contributed by atoms with Crippen LogP contribution in [0.4, 0.5) is 11.5 Å². The van der Waals surface area contributed by atoms with Crippen LogP contribution in [0.1, 0.15) is 50.1 Å². The van der Waals surface area contributed by atoms with Crippen LogP contribution in [0.25, 0.3) is 0 Å². The van der Waals surface area contributed by atoms with Gasteiger partial charge in [0.2, 0.25) is 5.91 Å². The van der Waals surface area contributed by atoms with Crippen LogP contribution in [-0.2, 0) is 24.2 Å². The summed E-state index contributed by atoms with van der Waals surface area (Å²) in [6.07, 6.45) is 6.87. The fourth-order valence-corrected chi connectivity index (χ4v) is 3.98. The normalized spacial score (nSPS) is 16.8. The van der Waals surface area contributed by atoms with E-state index in [-0.39, 0.29) is 5.91 Å². The van der Waals surface area contributed by atoms with E-state index in [1.54, 1.807) is 6.92 Å². The smallest absolute Gasteiger partial charge is 0.219 e. The summed E-state index contributed by atoms with van der Waals surface area (Å²) in [5, 5.41) is 4.98. The van der Waals surface area contributed by atoms with Crippen LogP contribution in [0.3, 0.4) is 0 Å². The Morgan fingerprint density at radius 3 is 2.84 bits per heavy atom. The van der Waals surface area contributed by atoms with E-state index in [4.69, 9.17) is 5.10 Å². The molecule has 4 rings (SSSR count). The van der Waals surface area contributed by atoms with Crippen molar-refractivity contribution in [3.63, 3.8) is 0 Å². The number of carbonyl (C=O) groups excluding carboxylic acids is 1. The van der Waals surface area contributed by atoms with Gasteiger partial charge in [-0.25, -0.2) is 0 Å². The van der Waals surface area contributed by atoms with Gasteiger partial charge in [-0.3, -0.25) is 14.5 Å². The zero-order valence-electron chi connectivity index (χ0n) is 15.2. The zero-order valence-corrected chi connectivity index (χ0v) is 15.2. The van der Waals surface area contributed by atoms with E-state index < -0.39 is 0 Å². The summed E-state index contributed by atoms with van der Waals surface area (Å²) in [6, 6.07) is 2.42. The molecule has 2 aliphatic rings. The first kappa shape index (κ1) is 16.1. The molecule has 4 heterocycles. The Morgan fingerprint density at radius 1 is 1.24 bits per heavy atom. The molecule has 6 nitrogen and oxygen atoms in total. The number of hydrogen-bond donors (Lipinski definition) is 0. The Bertz CT molecular complexity index is 810. The average molecular weight is 339 g/mol. The van der Waals surface area contributed by atoms with Crippen molar-refractivity contribution in [1.29, 1.82) is 0 Å². The van der Waals surface area contributed by atoms with Gasteiger partial charge in [-0.1, -0.05) is 0 Å². The van der Waals surface area contributed by atoms with Crippen LogP contribution in [0.2, 0.25) is 0 Å². The molecule has 0 atom stereocenters. The van der Waals surface area contributed by atoms with Crippen LogP contribution < -0.4 is 4.90 Å². The number of carbonyl (C=O) groups is 1. The second-order valence-corrected chi connectivity index (χ2v) is 7.24. The Morgan fingerprint density at radius 2 is 2.08 bits per heavy atom. The molecule has 6 heteroatoms. The van der Waals surface area contributed by atoms with E-state index in [0.717, 1.165) is 43.9 Å². The molecule has 0 spiro atoms. The predicted molar refractivity (Wildman–Crippen MR) is 97.0 cm³/mol. The topological polar surface area (TPSA) is 54.3 Å². The summed E-state index contributed by atoms with van der Waals surface area (Å²) in [6.45, 7) is 8.36. The van der Waals surface area contributed by atoms with Crippen molar-refractivity contribution < 1.29 is 4.79 Å². The van der Waals surface area contributed by atoms with Gasteiger partial charge in [0.15, 0.2) is 5.82 Å². The maximum Gasteiger partial charge on any atom is 0.219 e. The minimum Gasteiger partial charge on any atom is -0.338 e. The first-order chi connectivity index (χ1) is 12.1. The van der Waals surface area contributed by atoms with Gasteiger partial charge in [-0.15, -0.1) is 0 Å². The highest BCUT2D eigenvalue weighted by atomic mass is 16.2. The third-order valence-electron chi connectivity index (χ3n) is 5.26. The molecule has 0 bridgehead atoms. The van der Waals surface area contributed by atoms with Gasteiger partial charge in [0.1, 0.15) is 0 Å². The fourth-order valence-electron chi connectivity index (χ4n) is 3.98. The van der Waals surface area contributed by atoms with Crippen molar-refractivity contribution in [2.45, 2.75) is 52.6 Å². The van der Waals surface area contributed by atoms with E-state index in [1.807, 2.05) is 17.3 Å². The lowest BCUT2D eigenvalue weighted by atomic mass is 10.0. The molecule has 0 saturated carbocycles. The van der Waals surface area contributed by atoms with Crippen molar-refractivity contribution in [3.05, 3.63) is 35.3 Å². The molecule has 0 aromatic carbocycles. The molecule has 2 aromatic heterocycles. The molecule has 132 valence electrons. The van der Waals surface area contributed by atoms with Crippen molar-refractivity contribution in [1.82, 2.24) is 19.7 Å². The van der Waals surface area contributed by atoms with E-state index in [0.29, 0.717) is 12.6 Å². The predicted octanol–water partition coefficient (Wildman–Crippen LogP) is 2.85. The van der Waals surface area contributed by atoms with Crippen LogP contribution >= 0.6 is 0 Å². The lowest BCUT2D eigenvalue weighted by molar-refractivity contribution is -0.129. The van der Waals surface area contributed by atoms with Gasteiger partial charge in [0.25, 0.3) is 0 Å². The van der Waals surface area contributed by atoms with Gasteiger partial charge in [-0.05, 0) is 38.3 Å². The Kier molecular flexibility index (Phi) is 3.98.